The van der Waals surface area contributed by atoms with Crippen LogP contribution in [0.25, 0.3) is 0 Å². The highest BCUT2D eigenvalue weighted by molar-refractivity contribution is 7.92. The van der Waals surface area contributed by atoms with Crippen molar-refractivity contribution in [3.8, 4) is 0 Å². The fourth-order valence-electron chi connectivity index (χ4n) is 1.72. The number of hydrogen-bond acceptors (Lipinski definition) is 5. The third-order valence-electron chi connectivity index (χ3n) is 2.81. The highest BCUT2D eigenvalue weighted by Crippen LogP contribution is 2.16. The van der Waals surface area contributed by atoms with Crippen LogP contribution in [0, 0.1) is 6.92 Å². The molecule has 114 valence electrons. The highest BCUT2D eigenvalue weighted by atomic mass is 32.2. The summed E-state index contributed by atoms with van der Waals surface area (Å²) in [5.74, 6) is 0.723. The molecule has 2 N–H and O–H groups in total. The van der Waals surface area contributed by atoms with Gasteiger partial charge in [0, 0.05) is 18.7 Å². The molecule has 21 heavy (non-hydrogen) atoms. The zero-order valence-electron chi connectivity index (χ0n) is 12.3. The van der Waals surface area contributed by atoms with E-state index in [0.717, 1.165) is 5.56 Å². The van der Waals surface area contributed by atoms with Crippen molar-refractivity contribution in [1.29, 1.82) is 0 Å². The van der Waals surface area contributed by atoms with Crippen molar-refractivity contribution in [2.75, 3.05) is 4.72 Å². The van der Waals surface area contributed by atoms with Crippen LogP contribution < -0.4 is 10.0 Å². The summed E-state index contributed by atoms with van der Waals surface area (Å²) in [7, 11) is -3.64. The zero-order valence-corrected chi connectivity index (χ0v) is 13.1. The van der Waals surface area contributed by atoms with Crippen molar-refractivity contribution >= 4 is 15.8 Å². The van der Waals surface area contributed by atoms with Crippen LogP contribution in [0.1, 0.15) is 25.2 Å². The molecular formula is C14H19N3O3S. The summed E-state index contributed by atoms with van der Waals surface area (Å²) in [6.07, 6.45) is 0. The Labute approximate surface area is 124 Å². The molecular weight excluding hydrogens is 290 g/mol. The summed E-state index contributed by atoms with van der Waals surface area (Å²) in [6, 6.07) is 8.64. The van der Waals surface area contributed by atoms with E-state index in [1.54, 1.807) is 31.2 Å². The summed E-state index contributed by atoms with van der Waals surface area (Å²) < 4.78 is 31.6. The maximum absolute atomic E-state index is 12.2. The lowest BCUT2D eigenvalue weighted by atomic mass is 10.2. The van der Waals surface area contributed by atoms with E-state index in [2.05, 4.69) is 29.0 Å². The largest absolute Gasteiger partial charge is 0.360 e. The summed E-state index contributed by atoms with van der Waals surface area (Å²) in [6.45, 7) is 6.51. The van der Waals surface area contributed by atoms with E-state index in [9.17, 15) is 8.42 Å². The quantitative estimate of drug-likeness (QED) is 0.855. The minimum atomic E-state index is -3.64. The first-order valence-electron chi connectivity index (χ1n) is 6.65. The molecule has 1 heterocycles. The third kappa shape index (κ3) is 4.30. The minimum absolute atomic E-state index is 0.179. The van der Waals surface area contributed by atoms with Gasteiger partial charge in [0.1, 0.15) is 5.76 Å². The van der Waals surface area contributed by atoms with Crippen molar-refractivity contribution in [1.82, 2.24) is 10.5 Å². The fraction of sp³-hybridized carbons (Fsp3) is 0.357. The maximum atomic E-state index is 12.2. The van der Waals surface area contributed by atoms with Crippen LogP contribution >= 0.6 is 0 Å². The molecule has 0 aliphatic rings. The summed E-state index contributed by atoms with van der Waals surface area (Å²) in [5.41, 5.74) is 1.03. The summed E-state index contributed by atoms with van der Waals surface area (Å²) in [4.78, 5) is 0.191. The SMILES string of the molecule is Cc1cc(NS(=O)(=O)c2ccc(CNC(C)C)cc2)no1. The molecule has 0 spiro atoms. The van der Waals surface area contributed by atoms with Gasteiger partial charge in [-0.25, -0.2) is 8.42 Å². The van der Waals surface area contributed by atoms with Gasteiger partial charge < -0.3 is 9.84 Å². The second-order valence-corrected chi connectivity index (χ2v) is 6.79. The predicted octanol–water partition coefficient (Wildman–Crippen LogP) is 2.28. The Morgan fingerprint density at radius 3 is 2.43 bits per heavy atom. The maximum Gasteiger partial charge on any atom is 0.263 e. The summed E-state index contributed by atoms with van der Waals surface area (Å²) >= 11 is 0. The molecule has 7 heteroatoms. The molecule has 0 fully saturated rings. The molecule has 0 radical (unpaired) electrons. The first-order valence-corrected chi connectivity index (χ1v) is 8.13. The van der Waals surface area contributed by atoms with Gasteiger partial charge in [-0.1, -0.05) is 31.1 Å². The number of sulfonamides is 1. The number of nitrogens with zero attached hydrogens (tertiary/aromatic N) is 1. The van der Waals surface area contributed by atoms with Crippen LogP contribution in [0.3, 0.4) is 0 Å². The second-order valence-electron chi connectivity index (χ2n) is 5.11. The van der Waals surface area contributed by atoms with Gasteiger partial charge in [-0.05, 0) is 24.6 Å². The van der Waals surface area contributed by atoms with Crippen LogP contribution in [0.4, 0.5) is 5.82 Å². The Balaban J connectivity index is 2.09. The lowest BCUT2D eigenvalue weighted by Crippen LogP contribution is -2.21. The number of rotatable bonds is 6. The predicted molar refractivity (Wildman–Crippen MR) is 80.5 cm³/mol. The van der Waals surface area contributed by atoms with Gasteiger partial charge in [-0.2, -0.15) is 0 Å². The Morgan fingerprint density at radius 1 is 1.24 bits per heavy atom. The van der Waals surface area contributed by atoms with E-state index in [0.29, 0.717) is 18.3 Å². The molecule has 0 aliphatic heterocycles. The molecule has 2 aromatic rings. The number of benzene rings is 1. The Hall–Kier alpha value is -1.86. The van der Waals surface area contributed by atoms with Crippen molar-refractivity contribution in [3.05, 3.63) is 41.7 Å². The van der Waals surface area contributed by atoms with E-state index < -0.39 is 10.0 Å². The molecule has 2 rings (SSSR count). The zero-order chi connectivity index (χ0) is 15.5. The number of aryl methyl sites for hydroxylation is 1. The normalized spacial score (nSPS) is 11.8. The van der Waals surface area contributed by atoms with Gasteiger partial charge in [0.05, 0.1) is 4.90 Å². The average molecular weight is 309 g/mol. The van der Waals surface area contributed by atoms with Crippen molar-refractivity contribution in [2.24, 2.45) is 0 Å². The minimum Gasteiger partial charge on any atom is -0.360 e. The molecule has 0 amide bonds. The van der Waals surface area contributed by atoms with Gasteiger partial charge in [0.15, 0.2) is 5.82 Å². The number of hydrogen-bond donors (Lipinski definition) is 2. The fourth-order valence-corrected chi connectivity index (χ4v) is 2.70. The van der Waals surface area contributed by atoms with Crippen LogP contribution in [0.5, 0.6) is 0 Å². The topological polar surface area (TPSA) is 84.2 Å². The molecule has 0 atom stereocenters. The average Bonchev–Trinajstić information content (AvgIpc) is 2.81. The lowest BCUT2D eigenvalue weighted by Gasteiger charge is -2.09. The van der Waals surface area contributed by atoms with Gasteiger partial charge in [0.25, 0.3) is 10.0 Å². The van der Waals surface area contributed by atoms with E-state index in [4.69, 9.17) is 4.52 Å². The second kappa shape index (κ2) is 6.28. The van der Waals surface area contributed by atoms with Crippen LogP contribution in [0.15, 0.2) is 39.8 Å². The first-order chi connectivity index (χ1) is 9.87. The molecule has 0 unspecified atom stereocenters. The highest BCUT2D eigenvalue weighted by Gasteiger charge is 2.16. The number of aromatic nitrogens is 1. The smallest absolute Gasteiger partial charge is 0.263 e. The van der Waals surface area contributed by atoms with E-state index >= 15 is 0 Å². The molecule has 0 aliphatic carbocycles. The first kappa shape index (κ1) is 15.5. The van der Waals surface area contributed by atoms with E-state index in [-0.39, 0.29) is 10.7 Å². The molecule has 1 aromatic carbocycles. The van der Waals surface area contributed by atoms with Gasteiger partial charge >= 0.3 is 0 Å². The van der Waals surface area contributed by atoms with Gasteiger partial charge in [-0.15, -0.1) is 0 Å². The number of anilines is 1. The lowest BCUT2D eigenvalue weighted by molar-refractivity contribution is 0.400. The Bertz CT molecular complexity index is 691. The standard InChI is InChI=1S/C14H19N3O3S/c1-10(2)15-9-12-4-6-13(7-5-12)21(18,19)17-14-8-11(3)20-16-14/h4-8,10,15H,9H2,1-3H3,(H,16,17). The molecule has 1 aromatic heterocycles. The third-order valence-corrected chi connectivity index (χ3v) is 4.19. The monoisotopic (exact) mass is 309 g/mol. The van der Waals surface area contributed by atoms with Crippen molar-refractivity contribution < 1.29 is 12.9 Å². The van der Waals surface area contributed by atoms with Crippen LogP contribution in [0.2, 0.25) is 0 Å². The van der Waals surface area contributed by atoms with Crippen LogP contribution in [-0.2, 0) is 16.6 Å². The van der Waals surface area contributed by atoms with Gasteiger partial charge in [-0.3, -0.25) is 4.72 Å². The van der Waals surface area contributed by atoms with Gasteiger partial charge in [0.2, 0.25) is 0 Å². The van der Waals surface area contributed by atoms with Crippen LogP contribution in [-0.4, -0.2) is 19.6 Å². The Kier molecular flexibility index (Phi) is 4.64. The molecule has 0 saturated heterocycles. The number of nitrogens with one attached hydrogen (secondary N) is 2. The van der Waals surface area contributed by atoms with E-state index in [1.807, 2.05) is 0 Å². The summed E-state index contributed by atoms with van der Waals surface area (Å²) in [5, 5.41) is 6.89. The van der Waals surface area contributed by atoms with Crippen molar-refractivity contribution in [2.45, 2.75) is 38.3 Å². The molecule has 0 bridgehead atoms. The van der Waals surface area contributed by atoms with E-state index in [1.165, 1.54) is 6.07 Å². The molecule has 6 nitrogen and oxygen atoms in total. The molecule has 0 saturated carbocycles. The Morgan fingerprint density at radius 2 is 1.90 bits per heavy atom. The van der Waals surface area contributed by atoms with Crippen molar-refractivity contribution in [3.63, 3.8) is 0 Å².